The predicted octanol–water partition coefficient (Wildman–Crippen LogP) is 3.65. The third kappa shape index (κ3) is 6.50. The van der Waals surface area contributed by atoms with Gasteiger partial charge in [-0.3, -0.25) is 14.4 Å². The zero-order chi connectivity index (χ0) is 22.2. The van der Waals surface area contributed by atoms with Gasteiger partial charge in [-0.15, -0.1) is 11.3 Å². The Balaban J connectivity index is 1.69. The molecule has 0 bridgehead atoms. The number of hydrogen-bond donors (Lipinski definition) is 1. The second-order valence-electron chi connectivity index (χ2n) is 7.26. The monoisotopic (exact) mass is 440 g/mol. The highest BCUT2D eigenvalue weighted by atomic mass is 32.1. The van der Waals surface area contributed by atoms with Gasteiger partial charge in [-0.05, 0) is 38.0 Å². The van der Waals surface area contributed by atoms with Gasteiger partial charge in [-0.25, -0.2) is 4.79 Å². The number of ether oxygens (including phenoxy) is 1. The Bertz CT molecular complexity index is 1010. The van der Waals surface area contributed by atoms with Crippen molar-refractivity contribution in [3.8, 4) is 0 Å². The minimum absolute atomic E-state index is 0.199. The minimum atomic E-state index is -0.499. The standard InChI is InChI=1S/C23H28N4O3S/c1-4-30-23(29)20-14-24-26(3)22(20)25-21(28)16-27(15-19-11-10-17(2)31-19)13-12-18-8-6-5-7-9-18/h5-11,14H,4,12-13,15-16H2,1-3H3,(H,25,28). The summed E-state index contributed by atoms with van der Waals surface area (Å²) in [6.07, 6.45) is 2.26. The van der Waals surface area contributed by atoms with Gasteiger partial charge in [0.1, 0.15) is 11.4 Å². The fourth-order valence-corrected chi connectivity index (χ4v) is 4.19. The smallest absolute Gasteiger partial charge is 0.343 e. The molecular weight excluding hydrogens is 412 g/mol. The number of anilines is 1. The van der Waals surface area contributed by atoms with Gasteiger partial charge < -0.3 is 10.1 Å². The zero-order valence-corrected chi connectivity index (χ0v) is 18.9. The van der Waals surface area contributed by atoms with E-state index in [4.69, 9.17) is 4.74 Å². The Morgan fingerprint density at radius 2 is 1.97 bits per heavy atom. The molecule has 0 unspecified atom stereocenters. The molecule has 164 valence electrons. The number of nitrogens with zero attached hydrogens (tertiary/aromatic N) is 3. The lowest BCUT2D eigenvalue weighted by atomic mass is 10.1. The van der Waals surface area contributed by atoms with Crippen LogP contribution in [0.1, 0.15) is 32.6 Å². The summed E-state index contributed by atoms with van der Waals surface area (Å²) in [7, 11) is 1.68. The van der Waals surface area contributed by atoms with E-state index >= 15 is 0 Å². The van der Waals surface area contributed by atoms with Crippen LogP contribution in [0.3, 0.4) is 0 Å². The van der Waals surface area contributed by atoms with Gasteiger partial charge in [0.05, 0.1) is 19.3 Å². The van der Waals surface area contributed by atoms with E-state index in [0.717, 1.165) is 13.0 Å². The molecule has 0 fully saturated rings. The molecule has 2 heterocycles. The van der Waals surface area contributed by atoms with Crippen molar-refractivity contribution in [1.82, 2.24) is 14.7 Å². The molecule has 7 nitrogen and oxygen atoms in total. The maximum absolute atomic E-state index is 12.9. The van der Waals surface area contributed by atoms with Crippen LogP contribution in [-0.4, -0.2) is 46.3 Å². The Morgan fingerprint density at radius 1 is 1.19 bits per heavy atom. The van der Waals surface area contributed by atoms with Gasteiger partial charge in [0.2, 0.25) is 5.91 Å². The van der Waals surface area contributed by atoms with Crippen molar-refractivity contribution < 1.29 is 14.3 Å². The number of aromatic nitrogens is 2. The van der Waals surface area contributed by atoms with Crippen LogP contribution >= 0.6 is 11.3 Å². The number of hydrogen-bond acceptors (Lipinski definition) is 6. The van der Waals surface area contributed by atoms with Gasteiger partial charge in [0.25, 0.3) is 0 Å². The number of rotatable bonds is 10. The first-order valence-electron chi connectivity index (χ1n) is 10.3. The first-order chi connectivity index (χ1) is 15.0. The normalized spacial score (nSPS) is 11.0. The number of aryl methyl sites for hydroxylation is 2. The van der Waals surface area contributed by atoms with Crippen LogP contribution in [0.25, 0.3) is 0 Å². The van der Waals surface area contributed by atoms with Gasteiger partial charge in [-0.2, -0.15) is 5.10 Å². The molecule has 0 saturated carbocycles. The molecule has 0 radical (unpaired) electrons. The van der Waals surface area contributed by atoms with E-state index in [9.17, 15) is 9.59 Å². The van der Waals surface area contributed by atoms with Crippen molar-refractivity contribution in [1.29, 1.82) is 0 Å². The second-order valence-corrected chi connectivity index (χ2v) is 8.63. The molecule has 31 heavy (non-hydrogen) atoms. The van der Waals surface area contributed by atoms with Crippen molar-refractivity contribution in [3.63, 3.8) is 0 Å². The van der Waals surface area contributed by atoms with E-state index in [-0.39, 0.29) is 24.6 Å². The lowest BCUT2D eigenvalue weighted by Crippen LogP contribution is -2.34. The molecule has 0 saturated heterocycles. The summed E-state index contributed by atoms with van der Waals surface area (Å²) in [5.74, 6) is -0.352. The number of amides is 1. The predicted molar refractivity (Wildman–Crippen MR) is 122 cm³/mol. The van der Waals surface area contributed by atoms with E-state index in [0.29, 0.717) is 12.4 Å². The topological polar surface area (TPSA) is 76.5 Å². The lowest BCUT2D eigenvalue weighted by Gasteiger charge is -2.21. The molecule has 3 rings (SSSR count). The third-order valence-corrected chi connectivity index (χ3v) is 5.78. The number of nitrogens with one attached hydrogen (secondary N) is 1. The zero-order valence-electron chi connectivity index (χ0n) is 18.1. The number of carbonyl (C=O) groups is 2. The van der Waals surface area contributed by atoms with Gasteiger partial charge >= 0.3 is 5.97 Å². The fourth-order valence-electron chi connectivity index (χ4n) is 3.26. The van der Waals surface area contributed by atoms with Crippen molar-refractivity contribution in [2.45, 2.75) is 26.8 Å². The van der Waals surface area contributed by atoms with E-state index in [1.54, 1.807) is 25.3 Å². The van der Waals surface area contributed by atoms with E-state index in [2.05, 4.69) is 46.5 Å². The summed E-state index contributed by atoms with van der Waals surface area (Å²) in [6, 6.07) is 14.4. The SMILES string of the molecule is CCOC(=O)c1cnn(C)c1NC(=O)CN(CCc1ccccc1)Cc1ccc(C)s1. The molecule has 0 aliphatic rings. The van der Waals surface area contributed by atoms with Gasteiger partial charge in [-0.1, -0.05) is 30.3 Å². The summed E-state index contributed by atoms with van der Waals surface area (Å²) in [5, 5.41) is 6.93. The number of thiophene rings is 1. The summed E-state index contributed by atoms with van der Waals surface area (Å²) < 4.78 is 6.53. The lowest BCUT2D eigenvalue weighted by molar-refractivity contribution is -0.117. The fraction of sp³-hybridized carbons (Fsp3) is 0.348. The number of benzene rings is 1. The molecule has 0 atom stereocenters. The molecule has 0 aliphatic heterocycles. The van der Waals surface area contributed by atoms with E-state index in [1.165, 1.54) is 26.2 Å². The van der Waals surface area contributed by atoms with E-state index in [1.807, 2.05) is 18.2 Å². The van der Waals surface area contributed by atoms with Crippen molar-refractivity contribution in [2.75, 3.05) is 25.0 Å². The molecule has 1 amide bonds. The van der Waals surface area contributed by atoms with Crippen LogP contribution in [0.4, 0.5) is 5.82 Å². The van der Waals surface area contributed by atoms with Crippen LogP contribution in [0.15, 0.2) is 48.7 Å². The maximum Gasteiger partial charge on any atom is 0.343 e. The van der Waals surface area contributed by atoms with Gasteiger partial charge in [0.15, 0.2) is 0 Å². The number of esters is 1. The van der Waals surface area contributed by atoms with E-state index < -0.39 is 5.97 Å². The molecule has 0 aliphatic carbocycles. The molecule has 1 aromatic carbocycles. The highest BCUT2D eigenvalue weighted by Crippen LogP contribution is 2.19. The first-order valence-corrected chi connectivity index (χ1v) is 11.1. The Morgan fingerprint density at radius 3 is 2.65 bits per heavy atom. The van der Waals surface area contributed by atoms with Crippen LogP contribution < -0.4 is 5.32 Å². The maximum atomic E-state index is 12.9. The summed E-state index contributed by atoms with van der Waals surface area (Å²) in [6.45, 7) is 5.71. The highest BCUT2D eigenvalue weighted by molar-refractivity contribution is 7.11. The summed E-state index contributed by atoms with van der Waals surface area (Å²) >= 11 is 1.74. The quantitative estimate of drug-likeness (QED) is 0.487. The number of carbonyl (C=O) groups excluding carboxylic acids is 2. The first kappa shape index (κ1) is 22.7. The van der Waals surface area contributed by atoms with Crippen molar-refractivity contribution >= 4 is 29.0 Å². The molecule has 0 spiro atoms. The van der Waals surface area contributed by atoms with Crippen LogP contribution in [0, 0.1) is 6.92 Å². The van der Waals surface area contributed by atoms with Crippen molar-refractivity contribution in [3.05, 3.63) is 69.5 Å². The Labute approximate surface area is 186 Å². The molecule has 1 N–H and O–H groups in total. The van der Waals surface area contributed by atoms with Crippen LogP contribution in [-0.2, 0) is 29.5 Å². The minimum Gasteiger partial charge on any atom is -0.462 e. The average Bonchev–Trinajstić information content (AvgIpc) is 3.32. The summed E-state index contributed by atoms with van der Waals surface area (Å²) in [5.41, 5.74) is 1.48. The third-order valence-electron chi connectivity index (χ3n) is 4.79. The molecule has 8 heteroatoms. The largest absolute Gasteiger partial charge is 0.462 e. The van der Waals surface area contributed by atoms with Gasteiger partial charge in [0, 0.05) is 29.9 Å². The molecule has 2 aromatic heterocycles. The highest BCUT2D eigenvalue weighted by Gasteiger charge is 2.20. The molecular formula is C23H28N4O3S. The van der Waals surface area contributed by atoms with Crippen LogP contribution in [0.2, 0.25) is 0 Å². The van der Waals surface area contributed by atoms with Crippen LogP contribution in [0.5, 0.6) is 0 Å². The molecule has 3 aromatic rings. The summed E-state index contributed by atoms with van der Waals surface area (Å²) in [4.78, 5) is 29.6. The average molecular weight is 441 g/mol. The Kier molecular flexibility index (Phi) is 7.97. The Hall–Kier alpha value is -2.97. The van der Waals surface area contributed by atoms with Crippen molar-refractivity contribution in [2.24, 2.45) is 7.05 Å². The second kappa shape index (κ2) is 10.9.